The van der Waals surface area contributed by atoms with Crippen molar-refractivity contribution in [3.63, 3.8) is 0 Å². The Kier molecular flexibility index (Phi) is 8.28. The van der Waals surface area contributed by atoms with E-state index in [1.54, 1.807) is 6.07 Å². The number of rotatable bonds is 10. The lowest BCUT2D eigenvalue weighted by molar-refractivity contribution is -0.0505. The highest BCUT2D eigenvalue weighted by Gasteiger charge is 2.20. The number of aliphatic imine (C=N–C) groups is 1. The Morgan fingerprint density at radius 3 is 2.45 bits per heavy atom. The second-order valence-electron chi connectivity index (χ2n) is 6.69. The number of ether oxygens (including phenoxy) is 4. The minimum absolute atomic E-state index is 0.0347. The summed E-state index contributed by atoms with van der Waals surface area (Å²) in [6, 6.07) is 11.1. The molecule has 0 saturated heterocycles. The predicted molar refractivity (Wildman–Crippen MR) is 113 cm³/mol. The molecule has 31 heavy (non-hydrogen) atoms. The quantitative estimate of drug-likeness (QED) is 0.437. The maximum atomic E-state index is 12.8. The molecule has 0 atom stereocenters. The summed E-state index contributed by atoms with van der Waals surface area (Å²) < 4.78 is 46.3. The van der Waals surface area contributed by atoms with Crippen molar-refractivity contribution in [2.75, 3.05) is 19.9 Å². The van der Waals surface area contributed by atoms with Crippen molar-refractivity contribution in [2.45, 2.75) is 40.2 Å². The maximum absolute atomic E-state index is 12.8. The Bertz CT molecular complexity index is 876. The van der Waals surface area contributed by atoms with Crippen molar-refractivity contribution in [3.8, 4) is 17.2 Å². The molecule has 7 nitrogen and oxygen atoms in total. The van der Waals surface area contributed by atoms with E-state index in [1.165, 1.54) is 6.07 Å². The lowest BCUT2D eigenvalue weighted by atomic mass is 10.1. The van der Waals surface area contributed by atoms with Crippen LogP contribution in [0.1, 0.15) is 30.5 Å². The largest absolute Gasteiger partial charge is 0.454 e. The van der Waals surface area contributed by atoms with E-state index in [9.17, 15) is 8.78 Å². The molecule has 0 radical (unpaired) electrons. The second-order valence-corrected chi connectivity index (χ2v) is 6.69. The van der Waals surface area contributed by atoms with Crippen LogP contribution in [0, 0.1) is 0 Å². The third kappa shape index (κ3) is 6.71. The average Bonchev–Trinajstić information content (AvgIpc) is 3.21. The van der Waals surface area contributed by atoms with Crippen LogP contribution in [0.2, 0.25) is 0 Å². The van der Waals surface area contributed by atoms with E-state index in [-0.39, 0.29) is 19.1 Å². The van der Waals surface area contributed by atoms with Crippen molar-refractivity contribution >= 4 is 5.96 Å². The molecule has 0 saturated carbocycles. The molecule has 9 heteroatoms. The van der Waals surface area contributed by atoms with E-state index in [4.69, 9.17) is 14.2 Å². The molecule has 0 aliphatic carbocycles. The van der Waals surface area contributed by atoms with Crippen LogP contribution in [0.4, 0.5) is 8.78 Å². The molecule has 2 aromatic carbocycles. The standard InChI is InChI=1S/C22H27F2N3O4/c1-3-25-22(26-11-15-5-7-16(8-6-15)13-28-4-2)27-12-17-9-19-20(30-14-29-19)10-18(17)31-21(23)24/h5-10,21H,3-4,11-14H2,1-2H3,(H2,25,26,27). The van der Waals surface area contributed by atoms with Gasteiger partial charge in [0.25, 0.3) is 0 Å². The summed E-state index contributed by atoms with van der Waals surface area (Å²) in [5, 5.41) is 6.30. The Morgan fingerprint density at radius 1 is 1.06 bits per heavy atom. The Labute approximate surface area is 180 Å². The van der Waals surface area contributed by atoms with Gasteiger partial charge in [-0.1, -0.05) is 24.3 Å². The lowest BCUT2D eigenvalue weighted by Gasteiger charge is -2.15. The Hall–Kier alpha value is -3.07. The monoisotopic (exact) mass is 435 g/mol. The molecule has 3 rings (SSSR count). The van der Waals surface area contributed by atoms with Crippen molar-refractivity contribution in [1.82, 2.24) is 10.6 Å². The van der Waals surface area contributed by atoms with Gasteiger partial charge >= 0.3 is 6.61 Å². The van der Waals surface area contributed by atoms with Gasteiger partial charge in [-0.2, -0.15) is 8.78 Å². The Morgan fingerprint density at radius 2 is 1.77 bits per heavy atom. The number of fused-ring (bicyclic) bond motifs is 1. The molecule has 0 aromatic heterocycles. The van der Waals surface area contributed by atoms with Crippen LogP contribution in [-0.2, 0) is 24.4 Å². The molecule has 1 heterocycles. The van der Waals surface area contributed by atoms with Gasteiger partial charge < -0.3 is 29.6 Å². The molecule has 0 unspecified atom stereocenters. The first kappa shape index (κ1) is 22.6. The molecule has 2 aromatic rings. The summed E-state index contributed by atoms with van der Waals surface area (Å²) in [6.45, 7) is 3.63. The van der Waals surface area contributed by atoms with Crippen LogP contribution in [-0.4, -0.2) is 32.5 Å². The van der Waals surface area contributed by atoms with E-state index in [0.29, 0.717) is 49.3 Å². The number of halogens is 2. The topological polar surface area (TPSA) is 73.3 Å². The van der Waals surface area contributed by atoms with Gasteiger partial charge in [-0.15, -0.1) is 0 Å². The van der Waals surface area contributed by atoms with Gasteiger partial charge in [-0.25, -0.2) is 4.99 Å². The van der Waals surface area contributed by atoms with Crippen LogP contribution < -0.4 is 24.8 Å². The van der Waals surface area contributed by atoms with E-state index in [2.05, 4.69) is 20.4 Å². The molecule has 1 aliphatic heterocycles. The van der Waals surface area contributed by atoms with Crippen LogP contribution in [0.15, 0.2) is 41.4 Å². The Balaban J connectivity index is 1.66. The van der Waals surface area contributed by atoms with Gasteiger partial charge in [0.15, 0.2) is 17.5 Å². The SMILES string of the molecule is CCNC(=NCc1ccc(COCC)cc1)NCc1cc2c(cc1OC(F)F)OCO2. The number of nitrogens with zero attached hydrogens (tertiary/aromatic N) is 1. The smallest absolute Gasteiger partial charge is 0.387 e. The normalized spacial score (nSPS) is 12.9. The maximum Gasteiger partial charge on any atom is 0.387 e. The number of hydrogen-bond donors (Lipinski definition) is 2. The molecule has 1 aliphatic rings. The number of alkyl halides is 2. The van der Waals surface area contributed by atoms with Gasteiger partial charge in [0, 0.05) is 31.3 Å². The van der Waals surface area contributed by atoms with E-state index >= 15 is 0 Å². The van der Waals surface area contributed by atoms with Crippen LogP contribution in [0.5, 0.6) is 17.2 Å². The molecular formula is C22H27F2N3O4. The van der Waals surface area contributed by atoms with Crippen molar-refractivity contribution < 1.29 is 27.7 Å². The zero-order valence-corrected chi connectivity index (χ0v) is 17.6. The van der Waals surface area contributed by atoms with Gasteiger partial charge in [0.1, 0.15) is 5.75 Å². The lowest BCUT2D eigenvalue weighted by Crippen LogP contribution is -2.36. The van der Waals surface area contributed by atoms with Crippen LogP contribution in [0.25, 0.3) is 0 Å². The minimum Gasteiger partial charge on any atom is -0.454 e. The van der Waals surface area contributed by atoms with Crippen molar-refractivity contribution in [3.05, 3.63) is 53.1 Å². The first-order chi connectivity index (χ1) is 15.1. The van der Waals surface area contributed by atoms with Gasteiger partial charge in [0.05, 0.1) is 13.2 Å². The highest BCUT2D eigenvalue weighted by atomic mass is 19.3. The minimum atomic E-state index is -2.94. The number of guanidine groups is 1. The zero-order valence-electron chi connectivity index (χ0n) is 17.6. The first-order valence-corrected chi connectivity index (χ1v) is 10.1. The van der Waals surface area contributed by atoms with E-state index in [1.807, 2.05) is 38.1 Å². The number of hydrogen-bond acceptors (Lipinski definition) is 5. The molecule has 0 fully saturated rings. The highest BCUT2D eigenvalue weighted by molar-refractivity contribution is 5.79. The molecule has 2 N–H and O–H groups in total. The fourth-order valence-corrected chi connectivity index (χ4v) is 2.96. The summed E-state index contributed by atoms with van der Waals surface area (Å²) in [4.78, 5) is 4.57. The highest BCUT2D eigenvalue weighted by Crippen LogP contribution is 2.38. The third-order valence-electron chi connectivity index (χ3n) is 4.48. The predicted octanol–water partition coefficient (Wildman–Crippen LogP) is 3.81. The van der Waals surface area contributed by atoms with Crippen LogP contribution in [0.3, 0.4) is 0 Å². The number of nitrogens with one attached hydrogen (secondary N) is 2. The summed E-state index contributed by atoms with van der Waals surface area (Å²) in [5.41, 5.74) is 2.66. The fraction of sp³-hybridized carbons (Fsp3) is 0.409. The van der Waals surface area contributed by atoms with Crippen molar-refractivity contribution in [2.24, 2.45) is 4.99 Å². The second kappa shape index (κ2) is 11.4. The van der Waals surface area contributed by atoms with E-state index < -0.39 is 6.61 Å². The van der Waals surface area contributed by atoms with Crippen LogP contribution >= 0.6 is 0 Å². The van der Waals surface area contributed by atoms with Gasteiger partial charge in [-0.3, -0.25) is 0 Å². The van der Waals surface area contributed by atoms with Gasteiger partial charge in [-0.05, 0) is 31.0 Å². The molecule has 0 bridgehead atoms. The molecule has 0 spiro atoms. The third-order valence-corrected chi connectivity index (χ3v) is 4.48. The van der Waals surface area contributed by atoms with E-state index in [0.717, 1.165) is 11.1 Å². The molecule has 0 amide bonds. The summed E-state index contributed by atoms with van der Waals surface area (Å²) in [6.07, 6.45) is 0. The summed E-state index contributed by atoms with van der Waals surface area (Å²) in [5.74, 6) is 1.47. The average molecular weight is 435 g/mol. The summed E-state index contributed by atoms with van der Waals surface area (Å²) in [7, 11) is 0. The van der Waals surface area contributed by atoms with Crippen molar-refractivity contribution in [1.29, 1.82) is 0 Å². The van der Waals surface area contributed by atoms with Gasteiger partial charge in [0.2, 0.25) is 6.79 Å². The summed E-state index contributed by atoms with van der Waals surface area (Å²) >= 11 is 0. The molecule has 168 valence electrons. The number of benzene rings is 2. The fourth-order valence-electron chi connectivity index (χ4n) is 2.96. The first-order valence-electron chi connectivity index (χ1n) is 10.1. The zero-order chi connectivity index (χ0) is 22.1. The molecular weight excluding hydrogens is 408 g/mol.